The van der Waals surface area contributed by atoms with Gasteiger partial charge in [-0.05, 0) is 37.8 Å². The minimum absolute atomic E-state index is 0.145. The van der Waals surface area contributed by atoms with Gasteiger partial charge in [-0.15, -0.1) is 5.10 Å². The van der Waals surface area contributed by atoms with Crippen LogP contribution in [0.4, 0.5) is 5.82 Å². The van der Waals surface area contributed by atoms with Gasteiger partial charge in [0.15, 0.2) is 5.65 Å². The quantitative estimate of drug-likeness (QED) is 0.924. The second kappa shape index (κ2) is 6.16. The highest BCUT2D eigenvalue weighted by Gasteiger charge is 2.32. The third kappa shape index (κ3) is 3.01. The average Bonchev–Trinajstić information content (AvgIpc) is 3.24. The van der Waals surface area contributed by atoms with Crippen LogP contribution in [0.5, 0.6) is 0 Å². The molecule has 2 atom stereocenters. The summed E-state index contributed by atoms with van der Waals surface area (Å²) in [6.07, 6.45) is 7.26. The number of carbonyl (C=O) groups excluding carboxylic acids is 1. The summed E-state index contributed by atoms with van der Waals surface area (Å²) in [7, 11) is 0. The molecule has 2 aliphatic heterocycles. The number of nitrogens with one attached hydrogen (secondary N) is 1. The summed E-state index contributed by atoms with van der Waals surface area (Å²) in [4.78, 5) is 18.6. The molecule has 0 bridgehead atoms. The molecule has 7 heteroatoms. The predicted molar refractivity (Wildman–Crippen MR) is 85.2 cm³/mol. The standard InChI is InChI=1S/C16H21N5O2/c22-16(13-3-1-2-10-23-13)20-8-6-12(11-20)18-14-4-5-15-17-7-9-21(15)19-14/h4-5,7,9,12-13H,1-3,6,8,10-11H2,(H,18,19)/t12-,13-/m0/s1. The predicted octanol–water partition coefficient (Wildman–Crippen LogP) is 1.31. The summed E-state index contributed by atoms with van der Waals surface area (Å²) in [6.45, 7) is 2.20. The fourth-order valence-corrected chi connectivity index (χ4v) is 3.32. The zero-order valence-corrected chi connectivity index (χ0v) is 13.0. The number of rotatable bonds is 3. The van der Waals surface area contributed by atoms with Gasteiger partial charge in [-0.2, -0.15) is 0 Å². The molecule has 2 fully saturated rings. The maximum atomic E-state index is 12.5. The van der Waals surface area contributed by atoms with Crippen molar-refractivity contribution in [1.82, 2.24) is 19.5 Å². The monoisotopic (exact) mass is 315 g/mol. The molecule has 2 saturated heterocycles. The molecule has 4 rings (SSSR count). The van der Waals surface area contributed by atoms with E-state index in [1.165, 1.54) is 0 Å². The van der Waals surface area contributed by atoms with Gasteiger partial charge >= 0.3 is 0 Å². The summed E-state index contributed by atoms with van der Waals surface area (Å²) in [5.41, 5.74) is 0.827. The number of anilines is 1. The highest BCUT2D eigenvalue weighted by molar-refractivity contribution is 5.81. The molecule has 1 N–H and O–H groups in total. The molecule has 0 aromatic carbocycles. The van der Waals surface area contributed by atoms with Gasteiger partial charge < -0.3 is 15.0 Å². The van der Waals surface area contributed by atoms with Crippen LogP contribution in [0.1, 0.15) is 25.7 Å². The van der Waals surface area contributed by atoms with Crippen molar-refractivity contribution in [1.29, 1.82) is 0 Å². The first-order valence-electron chi connectivity index (χ1n) is 8.27. The van der Waals surface area contributed by atoms with E-state index < -0.39 is 0 Å². The molecule has 122 valence electrons. The van der Waals surface area contributed by atoms with Crippen LogP contribution < -0.4 is 5.32 Å². The minimum Gasteiger partial charge on any atom is -0.368 e. The Morgan fingerprint density at radius 3 is 3.13 bits per heavy atom. The maximum absolute atomic E-state index is 12.5. The van der Waals surface area contributed by atoms with Gasteiger partial charge in [0.1, 0.15) is 11.9 Å². The summed E-state index contributed by atoms with van der Waals surface area (Å²) in [6, 6.07) is 4.09. The highest BCUT2D eigenvalue weighted by Crippen LogP contribution is 2.20. The third-order valence-electron chi connectivity index (χ3n) is 4.56. The average molecular weight is 315 g/mol. The Hall–Kier alpha value is -2.15. The first kappa shape index (κ1) is 14.4. The second-order valence-electron chi connectivity index (χ2n) is 6.22. The van der Waals surface area contributed by atoms with Gasteiger partial charge in [0.05, 0.1) is 0 Å². The molecule has 2 aliphatic rings. The molecule has 4 heterocycles. The number of likely N-dealkylation sites (tertiary alicyclic amines) is 1. The van der Waals surface area contributed by atoms with Crippen LogP contribution in [0.2, 0.25) is 0 Å². The molecule has 23 heavy (non-hydrogen) atoms. The molecule has 0 unspecified atom stereocenters. The van der Waals surface area contributed by atoms with Crippen LogP contribution in [-0.2, 0) is 9.53 Å². The highest BCUT2D eigenvalue weighted by atomic mass is 16.5. The van der Waals surface area contributed by atoms with Crippen molar-refractivity contribution in [3.05, 3.63) is 24.5 Å². The topological polar surface area (TPSA) is 71.8 Å². The lowest BCUT2D eigenvalue weighted by Gasteiger charge is -2.26. The number of ether oxygens (including phenoxy) is 1. The van der Waals surface area contributed by atoms with Crippen molar-refractivity contribution < 1.29 is 9.53 Å². The van der Waals surface area contributed by atoms with Crippen LogP contribution in [0, 0.1) is 0 Å². The van der Waals surface area contributed by atoms with Gasteiger partial charge in [-0.1, -0.05) is 0 Å². The van der Waals surface area contributed by atoms with Crippen LogP contribution in [0.3, 0.4) is 0 Å². The van der Waals surface area contributed by atoms with Crippen LogP contribution in [0.25, 0.3) is 5.65 Å². The Labute approximate surface area is 134 Å². The Morgan fingerprint density at radius 1 is 1.30 bits per heavy atom. The number of aromatic nitrogens is 3. The zero-order chi connectivity index (χ0) is 15.6. The van der Waals surface area contributed by atoms with E-state index in [1.54, 1.807) is 10.7 Å². The number of hydrogen-bond donors (Lipinski definition) is 1. The molecule has 1 amide bonds. The van der Waals surface area contributed by atoms with E-state index in [1.807, 2.05) is 23.2 Å². The number of nitrogens with zero attached hydrogens (tertiary/aromatic N) is 4. The number of carbonyl (C=O) groups is 1. The van der Waals surface area contributed by atoms with E-state index in [4.69, 9.17) is 4.74 Å². The third-order valence-corrected chi connectivity index (χ3v) is 4.56. The van der Waals surface area contributed by atoms with E-state index >= 15 is 0 Å². The summed E-state index contributed by atoms with van der Waals surface area (Å²) < 4.78 is 7.36. The first-order chi connectivity index (χ1) is 11.3. The molecular weight excluding hydrogens is 294 g/mol. The molecule has 0 aliphatic carbocycles. The first-order valence-corrected chi connectivity index (χ1v) is 8.27. The van der Waals surface area contributed by atoms with E-state index in [-0.39, 0.29) is 18.1 Å². The number of imidazole rings is 1. The molecule has 0 radical (unpaired) electrons. The summed E-state index contributed by atoms with van der Waals surface area (Å²) in [5, 5.41) is 7.89. The minimum atomic E-state index is -0.233. The summed E-state index contributed by atoms with van der Waals surface area (Å²) in [5.74, 6) is 0.954. The van der Waals surface area contributed by atoms with E-state index in [2.05, 4.69) is 15.4 Å². The Balaban J connectivity index is 1.37. The van der Waals surface area contributed by atoms with Crippen molar-refractivity contribution in [3.63, 3.8) is 0 Å². The Morgan fingerprint density at radius 2 is 2.26 bits per heavy atom. The zero-order valence-electron chi connectivity index (χ0n) is 13.0. The molecule has 7 nitrogen and oxygen atoms in total. The van der Waals surface area contributed by atoms with E-state index in [0.717, 1.165) is 43.7 Å². The molecule has 2 aromatic rings. The molecule has 0 spiro atoms. The second-order valence-corrected chi connectivity index (χ2v) is 6.22. The van der Waals surface area contributed by atoms with Gasteiger partial charge in [-0.25, -0.2) is 9.50 Å². The fraction of sp³-hybridized carbons (Fsp3) is 0.562. The van der Waals surface area contributed by atoms with Gasteiger partial charge in [-0.3, -0.25) is 4.79 Å². The van der Waals surface area contributed by atoms with E-state index in [9.17, 15) is 4.79 Å². The van der Waals surface area contributed by atoms with Crippen LogP contribution in [0.15, 0.2) is 24.5 Å². The number of hydrogen-bond acceptors (Lipinski definition) is 5. The lowest BCUT2D eigenvalue weighted by molar-refractivity contribution is -0.145. The molecule has 0 saturated carbocycles. The van der Waals surface area contributed by atoms with Crippen molar-refractivity contribution in [2.24, 2.45) is 0 Å². The van der Waals surface area contributed by atoms with Crippen molar-refractivity contribution in [2.75, 3.05) is 25.0 Å². The fourth-order valence-electron chi connectivity index (χ4n) is 3.32. The lowest BCUT2D eigenvalue weighted by Crippen LogP contribution is -2.41. The number of amides is 1. The Kier molecular flexibility index (Phi) is 3.87. The van der Waals surface area contributed by atoms with Crippen molar-refractivity contribution in [2.45, 2.75) is 37.8 Å². The van der Waals surface area contributed by atoms with Gasteiger partial charge in [0.2, 0.25) is 0 Å². The molecule has 2 aromatic heterocycles. The SMILES string of the molecule is O=C([C@@H]1CCCCO1)N1CC[C@H](Nc2ccc3nccn3n2)C1. The van der Waals surface area contributed by atoms with Crippen LogP contribution >= 0.6 is 0 Å². The van der Waals surface area contributed by atoms with E-state index in [0.29, 0.717) is 13.2 Å². The summed E-state index contributed by atoms with van der Waals surface area (Å²) >= 11 is 0. The van der Waals surface area contributed by atoms with Crippen molar-refractivity contribution >= 4 is 17.4 Å². The van der Waals surface area contributed by atoms with Crippen molar-refractivity contribution in [3.8, 4) is 0 Å². The van der Waals surface area contributed by atoms with Gasteiger partial charge in [0.25, 0.3) is 5.91 Å². The maximum Gasteiger partial charge on any atom is 0.251 e. The smallest absolute Gasteiger partial charge is 0.251 e. The number of fused-ring (bicyclic) bond motifs is 1. The Bertz CT molecular complexity index is 695. The molecular formula is C16H21N5O2. The van der Waals surface area contributed by atoms with Gasteiger partial charge in [0, 0.05) is 38.1 Å². The normalized spacial score (nSPS) is 25.0. The lowest BCUT2D eigenvalue weighted by atomic mass is 10.1. The largest absolute Gasteiger partial charge is 0.368 e. The van der Waals surface area contributed by atoms with Crippen LogP contribution in [-0.4, -0.2) is 57.2 Å².